The van der Waals surface area contributed by atoms with Gasteiger partial charge in [0.25, 0.3) is 5.91 Å². The summed E-state index contributed by atoms with van der Waals surface area (Å²) >= 11 is 0. The van der Waals surface area contributed by atoms with Crippen molar-refractivity contribution in [2.24, 2.45) is 0 Å². The zero-order chi connectivity index (χ0) is 25.7. The van der Waals surface area contributed by atoms with Gasteiger partial charge < -0.3 is 19.4 Å². The van der Waals surface area contributed by atoms with Gasteiger partial charge in [0.15, 0.2) is 5.82 Å². The van der Waals surface area contributed by atoms with E-state index in [1.165, 1.54) is 0 Å². The molecule has 4 rings (SSSR count). The van der Waals surface area contributed by atoms with Crippen LogP contribution in [0.2, 0.25) is 0 Å². The lowest BCUT2D eigenvalue weighted by atomic mass is 10.1. The van der Waals surface area contributed by atoms with Crippen molar-refractivity contribution >= 4 is 17.6 Å². The number of hydrogen-bond donors (Lipinski definition) is 0. The summed E-state index contributed by atoms with van der Waals surface area (Å²) in [4.78, 5) is 31.9. The molecule has 3 aromatic rings. The Labute approximate surface area is 212 Å². The summed E-state index contributed by atoms with van der Waals surface area (Å²) < 4.78 is 5.21. The maximum atomic E-state index is 13.2. The molecular formula is C28H33N5O3. The van der Waals surface area contributed by atoms with E-state index < -0.39 is 0 Å². The lowest BCUT2D eigenvalue weighted by Gasteiger charge is -2.37. The summed E-state index contributed by atoms with van der Waals surface area (Å²) in [5.74, 6) is 1.44. The molecule has 1 aliphatic rings. The summed E-state index contributed by atoms with van der Waals surface area (Å²) in [7, 11) is 1.64. The van der Waals surface area contributed by atoms with Gasteiger partial charge in [-0.3, -0.25) is 9.59 Å². The number of hydrogen-bond acceptors (Lipinski definition) is 6. The minimum absolute atomic E-state index is 0.0359. The van der Waals surface area contributed by atoms with Crippen molar-refractivity contribution < 1.29 is 14.3 Å². The first kappa shape index (κ1) is 25.2. The Kier molecular flexibility index (Phi) is 7.83. The lowest BCUT2D eigenvalue weighted by Crippen LogP contribution is -2.53. The number of anilines is 1. The normalized spacial score (nSPS) is 13.6. The monoisotopic (exact) mass is 487 g/mol. The van der Waals surface area contributed by atoms with Crippen LogP contribution in [-0.4, -0.2) is 77.7 Å². The quantitative estimate of drug-likeness (QED) is 0.506. The molecule has 1 fully saturated rings. The second-order valence-corrected chi connectivity index (χ2v) is 9.21. The van der Waals surface area contributed by atoms with Crippen molar-refractivity contribution in [2.45, 2.75) is 26.8 Å². The SMILES string of the molecule is COc1ccc(-c2ccc(N3CCN(C(=O)CN(C(=O)c4ccccc4C)C(C)C)CC3)nn2)cc1. The fourth-order valence-corrected chi connectivity index (χ4v) is 4.30. The van der Waals surface area contributed by atoms with E-state index >= 15 is 0 Å². The van der Waals surface area contributed by atoms with Gasteiger partial charge in [0.05, 0.1) is 12.8 Å². The highest BCUT2D eigenvalue weighted by Gasteiger charge is 2.27. The number of rotatable bonds is 7. The van der Waals surface area contributed by atoms with Gasteiger partial charge in [-0.25, -0.2) is 0 Å². The van der Waals surface area contributed by atoms with Crippen LogP contribution in [0.3, 0.4) is 0 Å². The van der Waals surface area contributed by atoms with Crippen LogP contribution in [0.25, 0.3) is 11.3 Å². The third kappa shape index (κ3) is 5.64. The first-order chi connectivity index (χ1) is 17.4. The number of carbonyl (C=O) groups is 2. The van der Waals surface area contributed by atoms with E-state index in [0.29, 0.717) is 31.7 Å². The molecule has 0 aliphatic carbocycles. The smallest absolute Gasteiger partial charge is 0.254 e. The van der Waals surface area contributed by atoms with Crippen LogP contribution in [0.1, 0.15) is 29.8 Å². The van der Waals surface area contributed by atoms with Gasteiger partial charge in [-0.1, -0.05) is 18.2 Å². The third-order valence-corrected chi connectivity index (χ3v) is 6.56. The van der Waals surface area contributed by atoms with Crippen molar-refractivity contribution in [3.8, 4) is 17.0 Å². The predicted molar refractivity (Wildman–Crippen MR) is 140 cm³/mol. The van der Waals surface area contributed by atoms with Crippen LogP contribution in [0.15, 0.2) is 60.7 Å². The summed E-state index contributed by atoms with van der Waals surface area (Å²) in [6.45, 7) is 8.34. The minimum atomic E-state index is -0.109. The Balaban J connectivity index is 1.34. The number of aromatic nitrogens is 2. The lowest BCUT2D eigenvalue weighted by molar-refractivity contribution is -0.132. The summed E-state index contributed by atoms with van der Waals surface area (Å²) in [5, 5.41) is 8.81. The standard InChI is InChI=1S/C28H33N5O3/c1-20(2)33(28(35)24-8-6-5-7-21(24)3)19-27(34)32-17-15-31(16-18-32)26-14-13-25(29-30-26)22-9-11-23(36-4)12-10-22/h5-14,20H,15-19H2,1-4H3. The Morgan fingerprint density at radius 2 is 1.64 bits per heavy atom. The zero-order valence-corrected chi connectivity index (χ0v) is 21.3. The molecule has 8 heteroatoms. The Hall–Kier alpha value is -3.94. The molecule has 0 saturated carbocycles. The van der Waals surface area contributed by atoms with E-state index in [-0.39, 0.29) is 24.4 Å². The summed E-state index contributed by atoms with van der Waals surface area (Å²) in [5.41, 5.74) is 3.32. The highest BCUT2D eigenvalue weighted by molar-refractivity contribution is 5.97. The Morgan fingerprint density at radius 1 is 0.944 bits per heavy atom. The molecule has 1 saturated heterocycles. The van der Waals surface area contributed by atoms with E-state index in [1.54, 1.807) is 12.0 Å². The molecule has 0 radical (unpaired) electrons. The van der Waals surface area contributed by atoms with Crippen LogP contribution >= 0.6 is 0 Å². The van der Waals surface area contributed by atoms with E-state index in [9.17, 15) is 9.59 Å². The number of benzene rings is 2. The van der Waals surface area contributed by atoms with Gasteiger partial charge >= 0.3 is 0 Å². The number of aryl methyl sites for hydroxylation is 1. The molecule has 36 heavy (non-hydrogen) atoms. The number of piperazine rings is 1. The zero-order valence-electron chi connectivity index (χ0n) is 21.3. The molecule has 2 heterocycles. The molecule has 0 N–H and O–H groups in total. The van der Waals surface area contributed by atoms with Crippen LogP contribution in [0, 0.1) is 6.92 Å². The van der Waals surface area contributed by atoms with Crippen molar-refractivity contribution in [3.05, 3.63) is 71.8 Å². The molecule has 0 atom stereocenters. The second kappa shape index (κ2) is 11.2. The predicted octanol–water partition coefficient (Wildman–Crippen LogP) is 3.66. The minimum Gasteiger partial charge on any atom is -0.497 e. The van der Waals surface area contributed by atoms with Crippen molar-refractivity contribution in [2.75, 3.05) is 44.7 Å². The average molecular weight is 488 g/mol. The molecule has 1 aliphatic heterocycles. The second-order valence-electron chi connectivity index (χ2n) is 9.21. The molecule has 188 valence electrons. The largest absolute Gasteiger partial charge is 0.497 e. The van der Waals surface area contributed by atoms with Gasteiger partial charge in [-0.15, -0.1) is 10.2 Å². The maximum Gasteiger partial charge on any atom is 0.254 e. The molecular weight excluding hydrogens is 454 g/mol. The van der Waals surface area contributed by atoms with E-state index in [1.807, 2.05) is 86.3 Å². The molecule has 2 amide bonds. The van der Waals surface area contributed by atoms with E-state index in [0.717, 1.165) is 28.4 Å². The van der Waals surface area contributed by atoms with Crippen molar-refractivity contribution in [3.63, 3.8) is 0 Å². The van der Waals surface area contributed by atoms with Crippen LogP contribution in [-0.2, 0) is 4.79 Å². The van der Waals surface area contributed by atoms with E-state index in [4.69, 9.17) is 4.74 Å². The van der Waals surface area contributed by atoms with Crippen molar-refractivity contribution in [1.82, 2.24) is 20.0 Å². The summed E-state index contributed by atoms with van der Waals surface area (Å²) in [6, 6.07) is 19.0. The number of amides is 2. The van der Waals surface area contributed by atoms with Crippen molar-refractivity contribution in [1.29, 1.82) is 0 Å². The average Bonchev–Trinajstić information content (AvgIpc) is 2.91. The third-order valence-electron chi connectivity index (χ3n) is 6.56. The molecule has 0 unspecified atom stereocenters. The molecule has 8 nitrogen and oxygen atoms in total. The van der Waals surface area contributed by atoms with E-state index in [2.05, 4.69) is 15.1 Å². The number of methoxy groups -OCH3 is 1. The maximum absolute atomic E-state index is 13.2. The molecule has 0 spiro atoms. The van der Waals surface area contributed by atoms with Gasteiger partial charge in [0.2, 0.25) is 5.91 Å². The number of ether oxygens (including phenoxy) is 1. The van der Waals surface area contributed by atoms with Gasteiger partial charge in [0.1, 0.15) is 12.3 Å². The van der Waals surface area contributed by atoms with Gasteiger partial charge in [0, 0.05) is 43.3 Å². The van der Waals surface area contributed by atoms with Crippen LogP contribution in [0.4, 0.5) is 5.82 Å². The highest BCUT2D eigenvalue weighted by atomic mass is 16.5. The fraction of sp³-hybridized carbons (Fsp3) is 0.357. The first-order valence-electron chi connectivity index (χ1n) is 12.2. The first-order valence-corrected chi connectivity index (χ1v) is 12.2. The molecule has 0 bridgehead atoms. The van der Waals surface area contributed by atoms with Gasteiger partial charge in [-0.05, 0) is 68.8 Å². The number of carbonyl (C=O) groups excluding carboxylic acids is 2. The summed E-state index contributed by atoms with van der Waals surface area (Å²) in [6.07, 6.45) is 0. The van der Waals surface area contributed by atoms with Gasteiger partial charge in [-0.2, -0.15) is 0 Å². The highest BCUT2D eigenvalue weighted by Crippen LogP contribution is 2.22. The number of nitrogens with zero attached hydrogens (tertiary/aromatic N) is 5. The Bertz CT molecular complexity index is 1190. The molecule has 2 aromatic carbocycles. The van der Waals surface area contributed by atoms with Crippen LogP contribution < -0.4 is 9.64 Å². The molecule has 1 aromatic heterocycles. The van der Waals surface area contributed by atoms with Crippen LogP contribution in [0.5, 0.6) is 5.75 Å². The Morgan fingerprint density at radius 3 is 2.22 bits per heavy atom. The fourth-order valence-electron chi connectivity index (χ4n) is 4.30. The topological polar surface area (TPSA) is 78.9 Å².